The SMILES string of the molecule is CC1CCC(O)C(Oc2ccc3c(c2)CCC(=O)N3)C1. The van der Waals surface area contributed by atoms with Crippen molar-refractivity contribution in [1.82, 2.24) is 0 Å². The minimum atomic E-state index is -0.373. The fourth-order valence-corrected chi connectivity index (χ4v) is 3.05. The molecule has 2 N–H and O–H groups in total. The van der Waals surface area contributed by atoms with E-state index < -0.39 is 0 Å². The van der Waals surface area contributed by atoms with E-state index in [9.17, 15) is 9.90 Å². The van der Waals surface area contributed by atoms with Crippen LogP contribution in [0.25, 0.3) is 0 Å². The highest BCUT2D eigenvalue weighted by atomic mass is 16.5. The minimum Gasteiger partial charge on any atom is -0.488 e. The maximum Gasteiger partial charge on any atom is 0.224 e. The van der Waals surface area contributed by atoms with Gasteiger partial charge in [0.05, 0.1) is 6.10 Å². The fraction of sp³-hybridized carbons (Fsp3) is 0.562. The lowest BCUT2D eigenvalue weighted by atomic mass is 9.86. The fourth-order valence-electron chi connectivity index (χ4n) is 3.05. The lowest BCUT2D eigenvalue weighted by molar-refractivity contribution is -0.116. The average molecular weight is 275 g/mol. The number of ether oxygens (including phenoxy) is 1. The molecule has 20 heavy (non-hydrogen) atoms. The molecule has 1 aromatic rings. The van der Waals surface area contributed by atoms with Gasteiger partial charge in [-0.15, -0.1) is 0 Å². The largest absolute Gasteiger partial charge is 0.488 e. The van der Waals surface area contributed by atoms with E-state index in [1.165, 1.54) is 0 Å². The molecular weight excluding hydrogens is 254 g/mol. The topological polar surface area (TPSA) is 58.6 Å². The van der Waals surface area contributed by atoms with Crippen LogP contribution in [0, 0.1) is 5.92 Å². The molecular formula is C16H21NO3. The van der Waals surface area contributed by atoms with Gasteiger partial charge in [-0.3, -0.25) is 4.79 Å². The third-order valence-electron chi connectivity index (χ3n) is 4.28. The maximum atomic E-state index is 11.3. The van der Waals surface area contributed by atoms with Gasteiger partial charge in [0.2, 0.25) is 5.91 Å². The van der Waals surface area contributed by atoms with E-state index in [2.05, 4.69) is 12.2 Å². The van der Waals surface area contributed by atoms with Gasteiger partial charge in [-0.05, 0) is 55.4 Å². The van der Waals surface area contributed by atoms with Gasteiger partial charge < -0.3 is 15.2 Å². The summed E-state index contributed by atoms with van der Waals surface area (Å²) in [5.74, 6) is 1.46. The van der Waals surface area contributed by atoms with E-state index >= 15 is 0 Å². The van der Waals surface area contributed by atoms with Crippen molar-refractivity contribution in [2.24, 2.45) is 5.92 Å². The molecule has 0 saturated heterocycles. The van der Waals surface area contributed by atoms with Gasteiger partial charge in [0.15, 0.2) is 0 Å². The highest BCUT2D eigenvalue weighted by molar-refractivity contribution is 5.93. The summed E-state index contributed by atoms with van der Waals surface area (Å²) in [5.41, 5.74) is 1.99. The molecule has 2 aliphatic rings. The molecule has 4 heteroatoms. The third-order valence-corrected chi connectivity index (χ3v) is 4.28. The van der Waals surface area contributed by atoms with Crippen LogP contribution in [0.4, 0.5) is 5.69 Å². The summed E-state index contributed by atoms with van der Waals surface area (Å²) in [6.07, 6.45) is 3.57. The summed E-state index contributed by atoms with van der Waals surface area (Å²) < 4.78 is 5.97. The van der Waals surface area contributed by atoms with Gasteiger partial charge in [-0.25, -0.2) is 0 Å². The first-order valence-electron chi connectivity index (χ1n) is 7.39. The molecule has 1 fully saturated rings. The van der Waals surface area contributed by atoms with Gasteiger partial charge in [0.25, 0.3) is 0 Å². The summed E-state index contributed by atoms with van der Waals surface area (Å²) in [4.78, 5) is 11.3. The number of carbonyl (C=O) groups excluding carboxylic acids is 1. The van der Waals surface area contributed by atoms with Crippen molar-refractivity contribution in [2.45, 2.75) is 51.2 Å². The van der Waals surface area contributed by atoms with Gasteiger partial charge >= 0.3 is 0 Å². The molecule has 3 unspecified atom stereocenters. The number of nitrogens with one attached hydrogen (secondary N) is 1. The predicted octanol–water partition coefficient (Wildman–Crippen LogP) is 2.50. The van der Waals surface area contributed by atoms with E-state index in [4.69, 9.17) is 4.74 Å². The van der Waals surface area contributed by atoms with Gasteiger partial charge in [-0.1, -0.05) is 6.92 Å². The molecule has 4 nitrogen and oxygen atoms in total. The summed E-state index contributed by atoms with van der Waals surface area (Å²) in [5, 5.41) is 12.9. The van der Waals surface area contributed by atoms with Crippen molar-refractivity contribution in [3.63, 3.8) is 0 Å². The Morgan fingerprint density at radius 1 is 1.30 bits per heavy atom. The summed E-state index contributed by atoms with van der Waals surface area (Å²) in [7, 11) is 0. The van der Waals surface area contributed by atoms with Crippen LogP contribution in [0.2, 0.25) is 0 Å². The number of rotatable bonds is 2. The molecule has 1 aliphatic carbocycles. The molecule has 1 aromatic carbocycles. The Labute approximate surface area is 119 Å². The van der Waals surface area contributed by atoms with Crippen LogP contribution < -0.4 is 10.1 Å². The Bertz CT molecular complexity index is 514. The van der Waals surface area contributed by atoms with Crippen LogP contribution in [0.15, 0.2) is 18.2 Å². The summed E-state index contributed by atoms with van der Waals surface area (Å²) in [6.45, 7) is 2.20. The second-order valence-electron chi connectivity index (χ2n) is 6.01. The second-order valence-corrected chi connectivity index (χ2v) is 6.01. The highest BCUT2D eigenvalue weighted by Crippen LogP contribution is 2.31. The number of carbonyl (C=O) groups is 1. The van der Waals surface area contributed by atoms with Crippen molar-refractivity contribution < 1.29 is 14.6 Å². The molecule has 0 spiro atoms. The number of hydrogen-bond acceptors (Lipinski definition) is 3. The zero-order chi connectivity index (χ0) is 14.1. The molecule has 3 atom stereocenters. The molecule has 1 amide bonds. The van der Waals surface area contributed by atoms with Crippen LogP contribution in [0.3, 0.4) is 0 Å². The lowest BCUT2D eigenvalue weighted by Crippen LogP contribution is -2.37. The second kappa shape index (κ2) is 5.44. The highest BCUT2D eigenvalue weighted by Gasteiger charge is 2.29. The molecule has 0 aromatic heterocycles. The zero-order valence-corrected chi connectivity index (χ0v) is 11.8. The number of aliphatic hydroxyl groups is 1. The molecule has 1 heterocycles. The molecule has 0 radical (unpaired) electrons. The number of aliphatic hydroxyl groups excluding tert-OH is 1. The van der Waals surface area contributed by atoms with E-state index in [0.717, 1.165) is 42.7 Å². The quantitative estimate of drug-likeness (QED) is 0.872. The van der Waals surface area contributed by atoms with Crippen molar-refractivity contribution in [1.29, 1.82) is 0 Å². The van der Waals surface area contributed by atoms with E-state index in [1.54, 1.807) is 0 Å². The van der Waals surface area contributed by atoms with Gasteiger partial charge in [0.1, 0.15) is 11.9 Å². The zero-order valence-electron chi connectivity index (χ0n) is 11.8. The summed E-state index contributed by atoms with van der Waals surface area (Å²) >= 11 is 0. The van der Waals surface area contributed by atoms with Crippen molar-refractivity contribution in [2.75, 3.05) is 5.32 Å². The monoisotopic (exact) mass is 275 g/mol. The summed E-state index contributed by atoms with van der Waals surface area (Å²) in [6, 6.07) is 5.75. The van der Waals surface area contributed by atoms with Crippen LogP contribution in [0.1, 0.15) is 38.2 Å². The predicted molar refractivity (Wildman–Crippen MR) is 76.8 cm³/mol. The Morgan fingerprint density at radius 3 is 3.00 bits per heavy atom. The number of anilines is 1. The first kappa shape index (κ1) is 13.4. The normalized spacial score (nSPS) is 29.5. The number of benzene rings is 1. The Kier molecular flexibility index (Phi) is 3.66. The minimum absolute atomic E-state index is 0.0719. The molecule has 108 valence electrons. The first-order valence-corrected chi connectivity index (χ1v) is 7.39. The lowest BCUT2D eigenvalue weighted by Gasteiger charge is -2.32. The van der Waals surface area contributed by atoms with E-state index in [-0.39, 0.29) is 18.1 Å². The maximum absolute atomic E-state index is 11.3. The number of hydrogen-bond donors (Lipinski definition) is 2. The Morgan fingerprint density at radius 2 is 2.15 bits per heavy atom. The van der Waals surface area contributed by atoms with E-state index in [1.807, 2.05) is 18.2 Å². The van der Waals surface area contributed by atoms with Crippen LogP contribution in [0.5, 0.6) is 5.75 Å². The smallest absolute Gasteiger partial charge is 0.224 e. The van der Waals surface area contributed by atoms with Crippen molar-refractivity contribution >= 4 is 11.6 Å². The number of fused-ring (bicyclic) bond motifs is 1. The molecule has 0 bridgehead atoms. The van der Waals surface area contributed by atoms with Crippen molar-refractivity contribution in [3.8, 4) is 5.75 Å². The van der Waals surface area contributed by atoms with Crippen LogP contribution >= 0.6 is 0 Å². The van der Waals surface area contributed by atoms with Gasteiger partial charge in [-0.2, -0.15) is 0 Å². The Hall–Kier alpha value is -1.55. The standard InChI is InChI=1S/C16H21NO3/c1-10-2-6-14(18)15(8-10)20-12-4-5-13-11(9-12)3-7-16(19)17-13/h4-5,9-10,14-15,18H,2-3,6-8H2,1H3,(H,17,19). The average Bonchev–Trinajstić information content (AvgIpc) is 2.43. The third kappa shape index (κ3) is 2.80. The number of aryl methyl sites for hydroxylation is 1. The number of amides is 1. The van der Waals surface area contributed by atoms with E-state index in [0.29, 0.717) is 12.3 Å². The van der Waals surface area contributed by atoms with Crippen LogP contribution in [-0.4, -0.2) is 23.2 Å². The Balaban J connectivity index is 1.73. The first-order chi connectivity index (χ1) is 9.61. The van der Waals surface area contributed by atoms with Crippen LogP contribution in [-0.2, 0) is 11.2 Å². The van der Waals surface area contributed by atoms with Gasteiger partial charge in [0, 0.05) is 12.1 Å². The van der Waals surface area contributed by atoms with Crippen molar-refractivity contribution in [3.05, 3.63) is 23.8 Å². The molecule has 1 aliphatic heterocycles. The molecule has 3 rings (SSSR count). The molecule has 1 saturated carbocycles.